The maximum atomic E-state index is 12.5. The maximum Gasteiger partial charge on any atom is 0.323 e. The molecule has 0 aliphatic rings. The van der Waals surface area contributed by atoms with E-state index < -0.39 is 17.6 Å². The van der Waals surface area contributed by atoms with Crippen LogP contribution in [0.25, 0.3) is 0 Å². The molecular weight excluding hydrogens is 388 g/mol. The van der Waals surface area contributed by atoms with Gasteiger partial charge < -0.3 is 10.8 Å². The summed E-state index contributed by atoms with van der Waals surface area (Å²) in [6.45, 7) is 0.528. The number of rotatable bonds is 11. The third-order valence-corrected chi connectivity index (χ3v) is 5.60. The van der Waals surface area contributed by atoms with Crippen LogP contribution in [0.15, 0.2) is 91.0 Å². The minimum atomic E-state index is -0.954. The van der Waals surface area contributed by atoms with Crippen molar-refractivity contribution in [2.45, 2.75) is 30.8 Å². The van der Waals surface area contributed by atoms with Crippen LogP contribution < -0.4 is 5.73 Å². The van der Waals surface area contributed by atoms with E-state index in [0.29, 0.717) is 19.4 Å². The number of hydroxylamine groups is 2. The molecule has 31 heavy (non-hydrogen) atoms. The molecule has 0 spiro atoms. The van der Waals surface area contributed by atoms with Gasteiger partial charge in [-0.3, -0.25) is 9.63 Å². The second-order valence-electron chi connectivity index (χ2n) is 7.46. The summed E-state index contributed by atoms with van der Waals surface area (Å²) in [5.74, 6) is -0.925. The van der Waals surface area contributed by atoms with Gasteiger partial charge in [-0.25, -0.2) is 0 Å². The third kappa shape index (κ3) is 4.69. The Bertz CT molecular complexity index is 836. The van der Waals surface area contributed by atoms with Crippen molar-refractivity contribution < 1.29 is 14.7 Å². The highest BCUT2D eigenvalue weighted by atomic mass is 16.7. The van der Waals surface area contributed by atoms with Gasteiger partial charge in [0.2, 0.25) is 0 Å². The number of aliphatic carboxylic acids is 1. The summed E-state index contributed by atoms with van der Waals surface area (Å²) in [5, 5.41) is 11.9. The number of carboxylic acids is 1. The standard InChI is InChI=1S/C26H30N2O3/c1-31-28(24(25(29)30)19-11-12-20-27)26(21-13-5-2-6-14-21,22-15-7-3-8-16-22)23-17-9-4-10-18-23/h2-10,13-18,24H,11-12,19-20,27H2,1H3,(H,29,30). The Morgan fingerprint density at radius 1 is 0.871 bits per heavy atom. The molecular formula is C26H30N2O3. The molecule has 3 aromatic carbocycles. The number of hydrogen-bond acceptors (Lipinski definition) is 4. The molecule has 0 saturated carbocycles. The summed E-state index contributed by atoms with van der Waals surface area (Å²) in [6.07, 6.45) is 1.88. The molecule has 3 aromatic rings. The predicted octanol–water partition coefficient (Wildman–Crippen LogP) is 4.42. The summed E-state index contributed by atoms with van der Waals surface area (Å²) in [5.41, 5.74) is 7.50. The van der Waals surface area contributed by atoms with E-state index in [4.69, 9.17) is 10.6 Å². The predicted molar refractivity (Wildman–Crippen MR) is 122 cm³/mol. The largest absolute Gasteiger partial charge is 0.480 e. The Morgan fingerprint density at radius 3 is 1.61 bits per heavy atom. The molecule has 0 aromatic heterocycles. The number of carboxylic acid groups (broad SMARTS) is 1. The Hall–Kier alpha value is -2.99. The maximum absolute atomic E-state index is 12.5. The van der Waals surface area contributed by atoms with Crippen LogP contribution in [-0.4, -0.2) is 35.8 Å². The van der Waals surface area contributed by atoms with Gasteiger partial charge in [0.15, 0.2) is 0 Å². The van der Waals surface area contributed by atoms with Gasteiger partial charge in [-0.2, -0.15) is 5.06 Å². The summed E-state index contributed by atoms with van der Waals surface area (Å²) in [6, 6.07) is 28.9. The number of benzene rings is 3. The SMILES string of the molecule is CON(C(CCCCN)C(=O)O)C(c1ccccc1)(c1ccccc1)c1ccccc1. The van der Waals surface area contributed by atoms with Gasteiger partial charge in [-0.15, -0.1) is 0 Å². The lowest BCUT2D eigenvalue weighted by Gasteiger charge is -2.46. The van der Waals surface area contributed by atoms with Gasteiger partial charge in [0.25, 0.3) is 0 Å². The Morgan fingerprint density at radius 2 is 1.29 bits per heavy atom. The van der Waals surface area contributed by atoms with Crippen LogP contribution >= 0.6 is 0 Å². The van der Waals surface area contributed by atoms with E-state index in [9.17, 15) is 9.90 Å². The zero-order valence-electron chi connectivity index (χ0n) is 17.9. The first-order chi connectivity index (χ1) is 15.2. The minimum absolute atomic E-state index is 0.425. The summed E-state index contributed by atoms with van der Waals surface area (Å²) in [4.78, 5) is 18.4. The van der Waals surface area contributed by atoms with Gasteiger partial charge in [0.1, 0.15) is 11.6 Å². The van der Waals surface area contributed by atoms with E-state index >= 15 is 0 Å². The average molecular weight is 419 g/mol. The number of carbonyl (C=O) groups is 1. The van der Waals surface area contributed by atoms with Crippen molar-refractivity contribution >= 4 is 5.97 Å². The minimum Gasteiger partial charge on any atom is -0.480 e. The lowest BCUT2D eigenvalue weighted by molar-refractivity contribution is -0.218. The van der Waals surface area contributed by atoms with Crippen LogP contribution in [0.3, 0.4) is 0 Å². The second kappa shape index (κ2) is 10.9. The van der Waals surface area contributed by atoms with Crippen molar-refractivity contribution in [1.29, 1.82) is 0 Å². The van der Waals surface area contributed by atoms with E-state index in [0.717, 1.165) is 23.1 Å². The first-order valence-corrected chi connectivity index (χ1v) is 10.6. The van der Waals surface area contributed by atoms with Crippen molar-refractivity contribution in [3.05, 3.63) is 108 Å². The van der Waals surface area contributed by atoms with Gasteiger partial charge in [0.05, 0.1) is 7.11 Å². The quantitative estimate of drug-likeness (QED) is 0.274. The van der Waals surface area contributed by atoms with Crippen LogP contribution in [-0.2, 0) is 15.2 Å². The highest BCUT2D eigenvalue weighted by Gasteiger charge is 2.47. The van der Waals surface area contributed by atoms with E-state index in [1.807, 2.05) is 91.0 Å². The van der Waals surface area contributed by atoms with Crippen LogP contribution in [0, 0.1) is 0 Å². The third-order valence-electron chi connectivity index (χ3n) is 5.60. The van der Waals surface area contributed by atoms with Crippen LogP contribution in [0.4, 0.5) is 0 Å². The van der Waals surface area contributed by atoms with E-state index in [1.54, 1.807) is 12.2 Å². The van der Waals surface area contributed by atoms with Gasteiger partial charge >= 0.3 is 5.97 Å². The fraction of sp³-hybridized carbons (Fsp3) is 0.269. The number of hydrogen-bond donors (Lipinski definition) is 2. The Labute approximate surface area is 184 Å². The molecule has 3 N–H and O–H groups in total. The molecule has 0 heterocycles. The molecule has 0 amide bonds. The molecule has 0 radical (unpaired) electrons. The number of nitrogens with two attached hydrogens (primary N) is 1. The lowest BCUT2D eigenvalue weighted by Crippen LogP contribution is -2.55. The van der Waals surface area contributed by atoms with Crippen molar-refractivity contribution in [1.82, 2.24) is 5.06 Å². The normalized spacial score (nSPS) is 12.6. The number of unbranched alkanes of at least 4 members (excludes halogenated alkanes) is 1. The molecule has 5 heteroatoms. The molecule has 5 nitrogen and oxygen atoms in total. The summed E-state index contributed by atoms with van der Waals surface area (Å²) >= 11 is 0. The zero-order chi connectivity index (χ0) is 22.1. The average Bonchev–Trinajstić information content (AvgIpc) is 2.82. The Kier molecular flexibility index (Phi) is 7.95. The molecule has 0 fully saturated rings. The second-order valence-corrected chi connectivity index (χ2v) is 7.46. The Balaban J connectivity index is 2.31. The first kappa shape index (κ1) is 22.7. The fourth-order valence-corrected chi connectivity index (χ4v) is 4.24. The summed E-state index contributed by atoms with van der Waals surface area (Å²) in [7, 11) is 1.54. The van der Waals surface area contributed by atoms with E-state index in [-0.39, 0.29) is 0 Å². The summed E-state index contributed by atoms with van der Waals surface area (Å²) < 4.78 is 0. The lowest BCUT2D eigenvalue weighted by atomic mass is 9.75. The highest BCUT2D eigenvalue weighted by Crippen LogP contribution is 2.44. The van der Waals surface area contributed by atoms with E-state index in [1.165, 1.54) is 0 Å². The van der Waals surface area contributed by atoms with Crippen LogP contribution in [0.1, 0.15) is 36.0 Å². The molecule has 3 rings (SSSR count). The molecule has 1 unspecified atom stereocenters. The van der Waals surface area contributed by atoms with Crippen LogP contribution in [0.2, 0.25) is 0 Å². The molecule has 0 aliphatic carbocycles. The monoisotopic (exact) mass is 418 g/mol. The van der Waals surface area contributed by atoms with Crippen LogP contribution in [0.5, 0.6) is 0 Å². The topological polar surface area (TPSA) is 75.8 Å². The smallest absolute Gasteiger partial charge is 0.323 e. The first-order valence-electron chi connectivity index (χ1n) is 10.6. The van der Waals surface area contributed by atoms with Crippen molar-refractivity contribution in [3.8, 4) is 0 Å². The zero-order valence-corrected chi connectivity index (χ0v) is 17.9. The molecule has 0 bridgehead atoms. The fourth-order valence-electron chi connectivity index (χ4n) is 4.24. The molecule has 0 aliphatic heterocycles. The molecule has 1 atom stereocenters. The van der Waals surface area contributed by atoms with E-state index in [2.05, 4.69) is 0 Å². The van der Waals surface area contributed by atoms with Gasteiger partial charge in [0, 0.05) is 0 Å². The highest BCUT2D eigenvalue weighted by molar-refractivity contribution is 5.74. The molecule has 162 valence electrons. The van der Waals surface area contributed by atoms with Gasteiger partial charge in [-0.1, -0.05) is 91.0 Å². The van der Waals surface area contributed by atoms with Crippen molar-refractivity contribution in [2.24, 2.45) is 5.73 Å². The van der Waals surface area contributed by atoms with Crippen molar-refractivity contribution in [3.63, 3.8) is 0 Å². The number of nitrogens with zero attached hydrogens (tertiary/aromatic N) is 1. The van der Waals surface area contributed by atoms with Gasteiger partial charge in [-0.05, 0) is 42.5 Å². The van der Waals surface area contributed by atoms with Crippen molar-refractivity contribution in [2.75, 3.05) is 13.7 Å². The molecule has 0 saturated heterocycles.